The van der Waals surface area contributed by atoms with Gasteiger partial charge in [0.15, 0.2) is 0 Å². The number of hydrogen-bond donors (Lipinski definition) is 0. The Bertz CT molecular complexity index is 1200. The van der Waals surface area contributed by atoms with Crippen LogP contribution in [0.5, 0.6) is 0 Å². The summed E-state index contributed by atoms with van der Waals surface area (Å²) in [7, 11) is 3.59. The van der Waals surface area contributed by atoms with Gasteiger partial charge in [0.25, 0.3) is 11.5 Å². The molecule has 1 aliphatic carbocycles. The van der Waals surface area contributed by atoms with Gasteiger partial charge in [0, 0.05) is 52.0 Å². The lowest BCUT2D eigenvalue weighted by Gasteiger charge is -2.20. The molecular weight excluding hydrogens is 378 g/mol. The summed E-state index contributed by atoms with van der Waals surface area (Å²) >= 11 is 5.91. The Hall–Kier alpha value is -2.67. The van der Waals surface area contributed by atoms with Gasteiger partial charge in [-0.1, -0.05) is 11.6 Å². The number of aryl methyl sites for hydroxylation is 3. The van der Waals surface area contributed by atoms with Crippen LogP contribution in [0.25, 0.3) is 10.9 Å². The average molecular weight is 398 g/mol. The van der Waals surface area contributed by atoms with Crippen LogP contribution in [0.15, 0.2) is 29.6 Å². The van der Waals surface area contributed by atoms with Gasteiger partial charge < -0.3 is 14.0 Å². The van der Waals surface area contributed by atoms with Gasteiger partial charge in [0.2, 0.25) is 0 Å². The molecule has 2 unspecified atom stereocenters. The maximum absolute atomic E-state index is 13.3. The Morgan fingerprint density at radius 3 is 2.64 bits per heavy atom. The summed E-state index contributed by atoms with van der Waals surface area (Å²) in [5.41, 5.74) is 1.92. The normalized spacial score (nSPS) is 23.3. The van der Waals surface area contributed by atoms with Crippen LogP contribution in [0.2, 0.25) is 5.02 Å². The van der Waals surface area contributed by atoms with Crippen LogP contribution >= 0.6 is 11.6 Å². The molecule has 144 valence electrons. The second-order valence-electron chi connectivity index (χ2n) is 8.07. The largest absolute Gasteiger partial charge is 0.349 e. The Labute approximate surface area is 166 Å². The standard InChI is InChI=1S/C20H20ClN5O2/c1-11-7-25(3)18(28)15-14(9-24(2)16(11)15)17(27)26-8-12-4-20(12,10-26)19-22-5-13(21)6-23-19/h5-7,9,12H,4,8,10H2,1-3H3. The van der Waals surface area contributed by atoms with Crippen molar-refractivity contribution in [1.29, 1.82) is 0 Å². The molecule has 28 heavy (non-hydrogen) atoms. The van der Waals surface area contributed by atoms with Crippen molar-refractivity contribution in [1.82, 2.24) is 24.0 Å². The number of pyridine rings is 1. The van der Waals surface area contributed by atoms with Crippen molar-refractivity contribution < 1.29 is 4.79 Å². The SMILES string of the molecule is Cc1cn(C)c(=O)c2c(C(=O)N3CC4CC4(c4ncc(Cl)cn4)C3)cn(C)c12. The molecule has 1 aliphatic heterocycles. The molecule has 3 aromatic rings. The summed E-state index contributed by atoms with van der Waals surface area (Å²) in [5.74, 6) is 1.01. The van der Waals surface area contributed by atoms with Crippen molar-refractivity contribution in [3.05, 3.63) is 57.1 Å². The number of carbonyl (C=O) groups excluding carboxylic acids is 1. The van der Waals surface area contributed by atoms with Crippen molar-refractivity contribution in [2.45, 2.75) is 18.8 Å². The molecule has 5 rings (SSSR count). The number of piperidine rings is 1. The number of rotatable bonds is 2. The average Bonchev–Trinajstić information content (AvgIpc) is 3.05. The zero-order chi connectivity index (χ0) is 19.8. The van der Waals surface area contributed by atoms with E-state index >= 15 is 0 Å². The molecule has 7 nitrogen and oxygen atoms in total. The third kappa shape index (κ3) is 2.29. The predicted molar refractivity (Wildman–Crippen MR) is 106 cm³/mol. The number of aromatic nitrogens is 4. The third-order valence-electron chi connectivity index (χ3n) is 6.21. The van der Waals surface area contributed by atoms with Gasteiger partial charge in [-0.2, -0.15) is 0 Å². The van der Waals surface area contributed by atoms with E-state index < -0.39 is 0 Å². The van der Waals surface area contributed by atoms with Crippen molar-refractivity contribution in [2.24, 2.45) is 20.0 Å². The fourth-order valence-electron chi connectivity index (χ4n) is 4.79. The third-order valence-corrected chi connectivity index (χ3v) is 6.40. The molecule has 2 fully saturated rings. The maximum Gasteiger partial charge on any atom is 0.260 e. The summed E-state index contributed by atoms with van der Waals surface area (Å²) in [4.78, 5) is 36.7. The van der Waals surface area contributed by atoms with E-state index in [9.17, 15) is 9.59 Å². The van der Waals surface area contributed by atoms with E-state index in [0.717, 1.165) is 23.3 Å². The minimum absolute atomic E-state index is 0.103. The molecule has 1 amide bonds. The van der Waals surface area contributed by atoms with E-state index in [1.54, 1.807) is 36.4 Å². The smallest absolute Gasteiger partial charge is 0.260 e. The van der Waals surface area contributed by atoms with E-state index in [1.807, 2.05) is 23.4 Å². The highest BCUT2D eigenvalue weighted by Gasteiger charge is 2.63. The molecule has 2 atom stereocenters. The number of nitrogens with zero attached hydrogens (tertiary/aromatic N) is 5. The van der Waals surface area contributed by atoms with Gasteiger partial charge in [-0.3, -0.25) is 9.59 Å². The minimum atomic E-state index is -0.175. The number of halogens is 1. The first-order chi connectivity index (χ1) is 13.3. The first kappa shape index (κ1) is 17.4. The molecule has 0 aromatic carbocycles. The molecule has 1 saturated carbocycles. The maximum atomic E-state index is 13.3. The summed E-state index contributed by atoms with van der Waals surface area (Å²) in [6, 6.07) is 0. The number of fused-ring (bicyclic) bond motifs is 2. The van der Waals surface area contributed by atoms with E-state index in [4.69, 9.17) is 11.6 Å². The number of amides is 1. The van der Waals surface area contributed by atoms with Gasteiger partial charge in [0.05, 0.1) is 26.9 Å². The Balaban J connectivity index is 1.52. The molecule has 8 heteroatoms. The van der Waals surface area contributed by atoms with E-state index in [-0.39, 0.29) is 16.9 Å². The van der Waals surface area contributed by atoms with E-state index in [2.05, 4.69) is 9.97 Å². The van der Waals surface area contributed by atoms with Gasteiger partial charge in [0.1, 0.15) is 5.82 Å². The molecule has 0 spiro atoms. The Kier molecular flexibility index (Phi) is 3.53. The second kappa shape index (κ2) is 5.67. The zero-order valence-electron chi connectivity index (χ0n) is 15.9. The van der Waals surface area contributed by atoms with E-state index in [1.165, 1.54) is 0 Å². The number of carbonyl (C=O) groups is 1. The number of hydrogen-bond acceptors (Lipinski definition) is 4. The zero-order valence-corrected chi connectivity index (χ0v) is 16.7. The van der Waals surface area contributed by atoms with Crippen molar-refractivity contribution in [3.63, 3.8) is 0 Å². The Morgan fingerprint density at radius 1 is 1.21 bits per heavy atom. The lowest BCUT2D eigenvalue weighted by Crippen LogP contribution is -2.34. The number of likely N-dealkylation sites (tertiary alicyclic amines) is 1. The monoisotopic (exact) mass is 397 g/mol. The van der Waals surface area contributed by atoms with Crippen LogP contribution in [0, 0.1) is 12.8 Å². The Morgan fingerprint density at radius 2 is 1.93 bits per heavy atom. The minimum Gasteiger partial charge on any atom is -0.349 e. The highest BCUT2D eigenvalue weighted by Crippen LogP contribution is 2.58. The van der Waals surface area contributed by atoms with Crippen LogP contribution in [0.1, 0.15) is 28.2 Å². The van der Waals surface area contributed by atoms with Gasteiger partial charge in [-0.05, 0) is 24.8 Å². The molecule has 3 aromatic heterocycles. The molecular formula is C20H20ClN5O2. The molecule has 4 heterocycles. The highest BCUT2D eigenvalue weighted by atomic mass is 35.5. The summed E-state index contributed by atoms with van der Waals surface area (Å²) < 4.78 is 3.41. The molecule has 2 aliphatic rings. The molecule has 1 saturated heterocycles. The van der Waals surface area contributed by atoms with Gasteiger partial charge >= 0.3 is 0 Å². The van der Waals surface area contributed by atoms with Crippen LogP contribution in [-0.2, 0) is 19.5 Å². The molecule has 0 bridgehead atoms. The summed E-state index contributed by atoms with van der Waals surface area (Å²) in [6.07, 6.45) is 7.77. The lowest BCUT2D eigenvalue weighted by molar-refractivity contribution is 0.0773. The quantitative estimate of drug-likeness (QED) is 0.663. The fourth-order valence-corrected chi connectivity index (χ4v) is 4.89. The summed E-state index contributed by atoms with van der Waals surface area (Å²) in [5, 5.41) is 0.998. The van der Waals surface area contributed by atoms with Crippen molar-refractivity contribution in [3.8, 4) is 0 Å². The highest BCUT2D eigenvalue weighted by molar-refractivity contribution is 6.30. The fraction of sp³-hybridized carbons (Fsp3) is 0.400. The van der Waals surface area contributed by atoms with E-state index in [0.29, 0.717) is 35.0 Å². The first-order valence-corrected chi connectivity index (χ1v) is 9.62. The topological polar surface area (TPSA) is 73.0 Å². The van der Waals surface area contributed by atoms with Crippen LogP contribution in [0.4, 0.5) is 0 Å². The van der Waals surface area contributed by atoms with Crippen molar-refractivity contribution >= 4 is 28.4 Å². The predicted octanol–water partition coefficient (Wildman–Crippen LogP) is 2.04. The van der Waals surface area contributed by atoms with Gasteiger partial charge in [-0.15, -0.1) is 0 Å². The van der Waals surface area contributed by atoms with Crippen LogP contribution in [0.3, 0.4) is 0 Å². The molecule has 0 radical (unpaired) electrons. The lowest BCUT2D eigenvalue weighted by atomic mass is 10.1. The second-order valence-corrected chi connectivity index (χ2v) is 8.51. The van der Waals surface area contributed by atoms with Gasteiger partial charge in [-0.25, -0.2) is 9.97 Å². The summed E-state index contributed by atoms with van der Waals surface area (Å²) in [6.45, 7) is 3.18. The molecule has 0 N–H and O–H groups in total. The van der Waals surface area contributed by atoms with Crippen LogP contribution < -0.4 is 5.56 Å². The van der Waals surface area contributed by atoms with Crippen LogP contribution in [-0.4, -0.2) is 43.0 Å². The van der Waals surface area contributed by atoms with Crippen molar-refractivity contribution in [2.75, 3.05) is 13.1 Å². The first-order valence-electron chi connectivity index (χ1n) is 9.24.